The van der Waals surface area contributed by atoms with E-state index in [0.717, 1.165) is 33.4 Å². The second-order valence-electron chi connectivity index (χ2n) is 15.1. The highest BCUT2D eigenvalue weighted by Gasteiger charge is 2.42. The molecule has 0 spiro atoms. The minimum absolute atomic E-state index is 0.175. The van der Waals surface area contributed by atoms with Crippen LogP contribution in [0.1, 0.15) is 75.7 Å². The van der Waals surface area contributed by atoms with E-state index in [0.29, 0.717) is 12.0 Å². The molecule has 53 heavy (non-hydrogen) atoms. The van der Waals surface area contributed by atoms with Gasteiger partial charge in [-0.15, -0.1) is 0 Å². The van der Waals surface area contributed by atoms with Gasteiger partial charge in [-0.1, -0.05) is 145 Å². The number of rotatable bonds is 15. The molecule has 2 rings (SSSR count). The van der Waals surface area contributed by atoms with E-state index in [9.17, 15) is 30.3 Å². The number of allylic oxidation sites excluding steroid dienone is 22. The highest BCUT2D eigenvalue weighted by Crippen LogP contribution is 2.39. The third-order valence-corrected chi connectivity index (χ3v) is 9.13. The molecule has 2 aliphatic rings. The van der Waals surface area contributed by atoms with Crippen molar-refractivity contribution in [2.75, 3.05) is 6.61 Å². The molecule has 5 N–H and O–H groups in total. The molecule has 0 unspecified atom stereocenters. The fourth-order valence-corrected chi connectivity index (χ4v) is 5.62. The molecule has 0 radical (unpaired) electrons. The highest BCUT2D eigenvalue weighted by molar-refractivity contribution is 6.00. The average Bonchev–Trinajstić information content (AvgIpc) is 3.08. The van der Waals surface area contributed by atoms with Gasteiger partial charge in [-0.25, -0.2) is 0 Å². The number of carbonyl (C=O) groups is 1. The lowest BCUT2D eigenvalue weighted by Crippen LogP contribution is -2.56. The molecule has 0 bridgehead atoms. The summed E-state index contributed by atoms with van der Waals surface area (Å²) in [5, 5.41) is 50.4. The minimum atomic E-state index is -1.43. The lowest BCUT2D eigenvalue weighted by Gasteiger charge is -2.40. The Morgan fingerprint density at radius 2 is 1.21 bits per heavy atom. The van der Waals surface area contributed by atoms with Crippen LogP contribution in [-0.2, 0) is 14.3 Å². The first kappa shape index (κ1) is 45.4. The van der Waals surface area contributed by atoms with Gasteiger partial charge in [0.15, 0.2) is 12.1 Å². The van der Waals surface area contributed by atoms with Crippen LogP contribution < -0.4 is 0 Å². The van der Waals surface area contributed by atoms with Crippen molar-refractivity contribution >= 4 is 5.78 Å². The summed E-state index contributed by atoms with van der Waals surface area (Å²) in [6.45, 7) is 19.1. The highest BCUT2D eigenvalue weighted by atomic mass is 16.7. The summed E-state index contributed by atoms with van der Waals surface area (Å²) in [6, 6.07) is 0. The normalized spacial score (nSPS) is 27.0. The van der Waals surface area contributed by atoms with E-state index in [4.69, 9.17) is 9.47 Å². The smallest absolute Gasteiger partial charge is 0.187 e. The van der Waals surface area contributed by atoms with E-state index >= 15 is 0 Å². The largest absolute Gasteiger partial charge is 0.388 e. The molecule has 1 saturated heterocycles. The van der Waals surface area contributed by atoms with Gasteiger partial charge in [0, 0.05) is 0 Å². The molecule has 0 aromatic heterocycles. The van der Waals surface area contributed by atoms with Gasteiger partial charge in [-0.3, -0.25) is 4.79 Å². The Morgan fingerprint density at radius 1 is 0.755 bits per heavy atom. The van der Waals surface area contributed by atoms with Crippen LogP contribution in [0.15, 0.2) is 142 Å². The van der Waals surface area contributed by atoms with E-state index in [1.165, 1.54) is 0 Å². The number of aliphatic hydroxyl groups is 5. The number of aliphatic hydroxyl groups excluding tert-OH is 5. The summed E-state index contributed by atoms with van der Waals surface area (Å²) >= 11 is 0. The summed E-state index contributed by atoms with van der Waals surface area (Å²) < 4.78 is 11.0. The van der Waals surface area contributed by atoms with E-state index in [-0.39, 0.29) is 17.8 Å². The van der Waals surface area contributed by atoms with Crippen LogP contribution in [-0.4, -0.2) is 80.3 Å². The second kappa shape index (κ2) is 21.2. The predicted octanol–water partition coefficient (Wildman–Crippen LogP) is 7.33. The standard InChI is InChI=1S/C45H62O8/c1-30(16-11-12-17-31(2)19-14-22-33(4)24-26-36-35(6)40(49)37(46)28-44(36,7)8)18-13-20-32(3)21-15-23-34(5)25-27-39(48)45(9,10)53-43-42(51)41(50)38(47)29-52-43/h11-27,37-39,41-43,46-48,50-51H,28-29H2,1-10H3/b12-11+,18-13+,19-14+,21-15+,26-24+,27-25+,30-16+,31-17+,32-20+,33-22+,34-23+/t37-,38+,39-,41-,42+,43-/m0/s1. The molecule has 1 aliphatic heterocycles. The molecule has 1 aliphatic carbocycles. The van der Waals surface area contributed by atoms with Crippen LogP contribution in [0.2, 0.25) is 0 Å². The van der Waals surface area contributed by atoms with Crippen LogP contribution in [0.5, 0.6) is 0 Å². The van der Waals surface area contributed by atoms with Gasteiger partial charge < -0.3 is 35.0 Å². The fraction of sp³-hybridized carbons (Fsp3) is 0.444. The van der Waals surface area contributed by atoms with Crippen LogP contribution >= 0.6 is 0 Å². The average molecular weight is 731 g/mol. The summed E-state index contributed by atoms with van der Waals surface area (Å²) in [5.74, 6) is -0.183. The minimum Gasteiger partial charge on any atom is -0.388 e. The van der Waals surface area contributed by atoms with Crippen LogP contribution in [0, 0.1) is 5.41 Å². The third-order valence-electron chi connectivity index (χ3n) is 9.13. The van der Waals surface area contributed by atoms with Gasteiger partial charge in [0.1, 0.15) is 30.5 Å². The number of carbonyl (C=O) groups excluding carboxylic acids is 1. The van der Waals surface area contributed by atoms with Crippen LogP contribution in [0.25, 0.3) is 0 Å². The lowest BCUT2D eigenvalue weighted by atomic mass is 9.71. The Morgan fingerprint density at radius 3 is 1.72 bits per heavy atom. The Hall–Kier alpha value is -3.73. The Balaban J connectivity index is 1.86. The van der Waals surface area contributed by atoms with Crippen molar-refractivity contribution in [1.29, 1.82) is 0 Å². The Bertz CT molecular complexity index is 1630. The van der Waals surface area contributed by atoms with Crippen molar-refractivity contribution < 1.29 is 39.8 Å². The summed E-state index contributed by atoms with van der Waals surface area (Å²) in [4.78, 5) is 12.3. The number of Topliss-reactive ketones (excluding diaryl/α,β-unsaturated/α-hetero) is 1. The van der Waals surface area contributed by atoms with Gasteiger partial charge in [0.05, 0.1) is 12.2 Å². The Labute approximate surface area is 317 Å². The molecule has 8 nitrogen and oxygen atoms in total. The summed E-state index contributed by atoms with van der Waals surface area (Å²) in [7, 11) is 0. The predicted molar refractivity (Wildman–Crippen MR) is 215 cm³/mol. The van der Waals surface area contributed by atoms with E-state index in [1.807, 2.05) is 126 Å². The molecule has 8 heteroatoms. The molecule has 0 saturated carbocycles. The molecule has 6 atom stereocenters. The maximum absolute atomic E-state index is 12.3. The number of ether oxygens (including phenoxy) is 2. The maximum atomic E-state index is 12.3. The number of ketones is 1. The second-order valence-corrected chi connectivity index (χ2v) is 15.1. The lowest BCUT2D eigenvalue weighted by molar-refractivity contribution is -0.304. The van der Waals surface area contributed by atoms with Crippen LogP contribution in [0.4, 0.5) is 0 Å². The van der Waals surface area contributed by atoms with Gasteiger partial charge >= 0.3 is 0 Å². The van der Waals surface area contributed by atoms with Crippen molar-refractivity contribution in [2.24, 2.45) is 5.41 Å². The van der Waals surface area contributed by atoms with Gasteiger partial charge in [-0.2, -0.15) is 0 Å². The van der Waals surface area contributed by atoms with E-state index in [2.05, 4.69) is 13.8 Å². The first-order valence-corrected chi connectivity index (χ1v) is 18.1. The maximum Gasteiger partial charge on any atom is 0.187 e. The Kier molecular flexibility index (Phi) is 18.2. The van der Waals surface area contributed by atoms with Crippen molar-refractivity contribution in [1.82, 2.24) is 0 Å². The van der Waals surface area contributed by atoms with E-state index in [1.54, 1.807) is 32.9 Å². The van der Waals surface area contributed by atoms with Gasteiger partial charge in [0.2, 0.25) is 0 Å². The molecular formula is C45H62O8. The number of hydrogen-bond donors (Lipinski definition) is 5. The summed E-state index contributed by atoms with van der Waals surface area (Å²) in [6.07, 6.45) is 26.8. The fourth-order valence-electron chi connectivity index (χ4n) is 5.62. The van der Waals surface area contributed by atoms with Crippen molar-refractivity contribution in [3.05, 3.63) is 142 Å². The molecule has 1 fully saturated rings. The van der Waals surface area contributed by atoms with Crippen molar-refractivity contribution in [3.8, 4) is 0 Å². The molecule has 1 heterocycles. The van der Waals surface area contributed by atoms with Crippen LogP contribution in [0.3, 0.4) is 0 Å². The van der Waals surface area contributed by atoms with Crippen molar-refractivity contribution in [2.45, 2.75) is 118 Å². The van der Waals surface area contributed by atoms with Gasteiger partial charge in [0.25, 0.3) is 0 Å². The topological polar surface area (TPSA) is 137 Å². The molecule has 0 amide bonds. The zero-order chi connectivity index (χ0) is 39.9. The molecule has 0 aromatic carbocycles. The quantitative estimate of drug-likeness (QED) is 0.111. The first-order chi connectivity index (χ1) is 24.7. The monoisotopic (exact) mass is 730 g/mol. The molecule has 0 aromatic rings. The molecule has 290 valence electrons. The van der Waals surface area contributed by atoms with Gasteiger partial charge in [-0.05, 0) is 78.4 Å². The molecular weight excluding hydrogens is 668 g/mol. The first-order valence-electron chi connectivity index (χ1n) is 18.1. The summed E-state index contributed by atoms with van der Waals surface area (Å²) in [5.41, 5.74) is 5.48. The zero-order valence-electron chi connectivity index (χ0n) is 33.2. The SMILES string of the molecule is CC1=C(/C=C/C(C)=C/C=C/C(C)=C/C=C/C=C(C)/C=C/C=C(C)/C=C/C=C(C)/C=C/[C@H](O)C(C)(C)O[C@@H]2OC[C@@H](O)[C@H](O)[C@H]2O)C(C)(C)C[C@H](O)C1=O. The number of hydrogen-bond acceptors (Lipinski definition) is 8. The zero-order valence-corrected chi connectivity index (χ0v) is 33.2. The van der Waals surface area contributed by atoms with E-state index < -0.39 is 42.4 Å². The third kappa shape index (κ3) is 15.3. The van der Waals surface area contributed by atoms with Crippen molar-refractivity contribution in [3.63, 3.8) is 0 Å².